The number of halogens is 2. The van der Waals surface area contributed by atoms with Crippen LogP contribution in [0.1, 0.15) is 5.56 Å². The summed E-state index contributed by atoms with van der Waals surface area (Å²) in [7, 11) is 1.60. The summed E-state index contributed by atoms with van der Waals surface area (Å²) in [6.07, 6.45) is 3.17. The molecule has 0 fully saturated rings. The molecule has 1 heterocycles. The molecule has 1 N–H and O–H groups in total. The van der Waals surface area contributed by atoms with E-state index in [1.807, 2.05) is 0 Å². The van der Waals surface area contributed by atoms with Gasteiger partial charge in [0, 0.05) is 11.8 Å². The number of aromatic nitrogens is 1. The number of methoxy groups -OCH3 is 1. The molecule has 0 atom stereocenters. The molecular weight excluding hydrogens is 378 g/mol. The fraction of sp³-hybridized carbons (Fsp3) is 0.154. The number of rotatable bonds is 4. The fourth-order valence-electron chi connectivity index (χ4n) is 1.49. The second-order valence-corrected chi connectivity index (χ2v) is 5.37. The van der Waals surface area contributed by atoms with E-state index in [2.05, 4.69) is 36.8 Å². The molecular formula is C13H11Br2NO3. The monoisotopic (exact) mass is 387 g/mol. The Kier molecular flexibility index (Phi) is 4.79. The van der Waals surface area contributed by atoms with Crippen LogP contribution in [0.4, 0.5) is 0 Å². The molecule has 1 aromatic carbocycles. The van der Waals surface area contributed by atoms with E-state index >= 15 is 0 Å². The Labute approximate surface area is 127 Å². The normalized spacial score (nSPS) is 10.3. The Balaban J connectivity index is 2.36. The molecule has 0 aliphatic rings. The van der Waals surface area contributed by atoms with Crippen molar-refractivity contribution >= 4 is 31.9 Å². The Bertz CT molecular complexity index is 590. The molecule has 0 aliphatic heterocycles. The first-order valence-corrected chi connectivity index (χ1v) is 6.99. The molecule has 0 saturated carbocycles. The van der Waals surface area contributed by atoms with E-state index < -0.39 is 0 Å². The average Bonchev–Trinajstić information content (AvgIpc) is 2.43. The number of pyridine rings is 1. The van der Waals surface area contributed by atoms with E-state index in [0.717, 1.165) is 8.95 Å². The Hall–Kier alpha value is -1.11. The first kappa shape index (κ1) is 14.3. The van der Waals surface area contributed by atoms with Crippen molar-refractivity contribution in [2.75, 3.05) is 7.11 Å². The topological polar surface area (TPSA) is 51.6 Å². The van der Waals surface area contributed by atoms with Crippen LogP contribution in [0, 0.1) is 0 Å². The fourth-order valence-corrected chi connectivity index (χ4v) is 2.38. The van der Waals surface area contributed by atoms with Crippen molar-refractivity contribution in [1.29, 1.82) is 0 Å². The quantitative estimate of drug-likeness (QED) is 0.862. The largest absolute Gasteiger partial charge is 0.496 e. The zero-order valence-corrected chi connectivity index (χ0v) is 13.2. The molecule has 4 nitrogen and oxygen atoms in total. The molecule has 0 radical (unpaired) electrons. The van der Waals surface area contributed by atoms with Crippen LogP contribution in [0.15, 0.2) is 39.5 Å². The highest BCUT2D eigenvalue weighted by molar-refractivity contribution is 9.11. The molecule has 0 spiro atoms. The van der Waals surface area contributed by atoms with Gasteiger partial charge in [-0.15, -0.1) is 0 Å². The molecule has 100 valence electrons. The van der Waals surface area contributed by atoms with Crippen molar-refractivity contribution in [3.63, 3.8) is 0 Å². The predicted molar refractivity (Wildman–Crippen MR) is 78.6 cm³/mol. The maximum atomic E-state index is 9.25. The van der Waals surface area contributed by atoms with Gasteiger partial charge >= 0.3 is 0 Å². The van der Waals surface area contributed by atoms with Crippen LogP contribution in [0.2, 0.25) is 0 Å². The van der Waals surface area contributed by atoms with Crippen LogP contribution in [-0.4, -0.2) is 17.2 Å². The van der Waals surface area contributed by atoms with Gasteiger partial charge in [0.05, 0.1) is 28.9 Å². The van der Waals surface area contributed by atoms with Gasteiger partial charge in [0.25, 0.3) is 0 Å². The van der Waals surface area contributed by atoms with Crippen LogP contribution in [-0.2, 0) is 6.61 Å². The third-order valence-electron chi connectivity index (χ3n) is 2.47. The van der Waals surface area contributed by atoms with E-state index in [1.54, 1.807) is 37.7 Å². The number of hydrogen-bond donors (Lipinski definition) is 1. The highest BCUT2D eigenvalue weighted by atomic mass is 79.9. The number of nitrogens with zero attached hydrogens (tertiary/aromatic N) is 1. The number of aliphatic hydroxyl groups excluding tert-OH is 1. The van der Waals surface area contributed by atoms with Gasteiger partial charge in [0.1, 0.15) is 11.5 Å². The molecule has 19 heavy (non-hydrogen) atoms. The van der Waals surface area contributed by atoms with Crippen molar-refractivity contribution in [1.82, 2.24) is 4.98 Å². The molecule has 0 amide bonds. The van der Waals surface area contributed by atoms with Gasteiger partial charge in [-0.3, -0.25) is 4.98 Å². The van der Waals surface area contributed by atoms with Gasteiger partial charge < -0.3 is 14.6 Å². The summed E-state index contributed by atoms with van der Waals surface area (Å²) in [6, 6.07) is 5.30. The lowest BCUT2D eigenvalue weighted by Gasteiger charge is -2.12. The van der Waals surface area contributed by atoms with E-state index in [1.165, 1.54) is 0 Å². The van der Waals surface area contributed by atoms with Crippen molar-refractivity contribution < 1.29 is 14.6 Å². The van der Waals surface area contributed by atoms with E-state index in [-0.39, 0.29) is 6.61 Å². The van der Waals surface area contributed by atoms with E-state index in [0.29, 0.717) is 22.8 Å². The number of ether oxygens (including phenoxy) is 2. The van der Waals surface area contributed by atoms with Crippen LogP contribution in [0.25, 0.3) is 0 Å². The van der Waals surface area contributed by atoms with Gasteiger partial charge in [-0.25, -0.2) is 0 Å². The SMILES string of the molecule is COc1cc(Br)c(Oc2cnccc2CO)cc1Br. The minimum absolute atomic E-state index is 0.104. The van der Waals surface area contributed by atoms with Crippen LogP contribution < -0.4 is 9.47 Å². The maximum Gasteiger partial charge on any atom is 0.151 e. The van der Waals surface area contributed by atoms with Crippen molar-refractivity contribution in [3.05, 3.63) is 45.1 Å². The molecule has 0 unspecified atom stereocenters. The molecule has 2 aromatic rings. The minimum atomic E-state index is -0.104. The molecule has 0 saturated heterocycles. The summed E-state index contributed by atoms with van der Waals surface area (Å²) < 4.78 is 12.5. The van der Waals surface area contributed by atoms with Gasteiger partial charge in [0.2, 0.25) is 0 Å². The lowest BCUT2D eigenvalue weighted by molar-refractivity contribution is 0.276. The summed E-state index contributed by atoms with van der Waals surface area (Å²) in [5.41, 5.74) is 0.675. The minimum Gasteiger partial charge on any atom is -0.496 e. The van der Waals surface area contributed by atoms with E-state index in [4.69, 9.17) is 9.47 Å². The van der Waals surface area contributed by atoms with Crippen molar-refractivity contribution in [2.45, 2.75) is 6.61 Å². The van der Waals surface area contributed by atoms with Crippen LogP contribution in [0.3, 0.4) is 0 Å². The lowest BCUT2D eigenvalue weighted by atomic mass is 10.2. The predicted octanol–water partition coefficient (Wildman–Crippen LogP) is 3.90. The van der Waals surface area contributed by atoms with E-state index in [9.17, 15) is 5.11 Å². The number of aliphatic hydroxyl groups is 1. The second kappa shape index (κ2) is 6.36. The zero-order valence-electron chi connectivity index (χ0n) is 10.1. The smallest absolute Gasteiger partial charge is 0.151 e. The number of benzene rings is 1. The number of hydrogen-bond acceptors (Lipinski definition) is 4. The van der Waals surface area contributed by atoms with Crippen LogP contribution >= 0.6 is 31.9 Å². The molecule has 1 aromatic heterocycles. The molecule has 2 rings (SSSR count). The third kappa shape index (κ3) is 3.26. The summed E-state index contributed by atoms with van der Waals surface area (Å²) in [4.78, 5) is 3.99. The molecule has 0 aliphatic carbocycles. The average molecular weight is 389 g/mol. The third-order valence-corrected chi connectivity index (χ3v) is 3.71. The molecule has 0 bridgehead atoms. The second-order valence-electron chi connectivity index (χ2n) is 3.66. The summed E-state index contributed by atoms with van der Waals surface area (Å²) >= 11 is 6.82. The zero-order chi connectivity index (χ0) is 13.8. The Morgan fingerprint density at radius 2 is 1.84 bits per heavy atom. The highest BCUT2D eigenvalue weighted by Crippen LogP contribution is 2.38. The summed E-state index contributed by atoms with van der Waals surface area (Å²) in [6.45, 7) is -0.104. The van der Waals surface area contributed by atoms with Crippen LogP contribution in [0.5, 0.6) is 17.2 Å². The molecule has 6 heteroatoms. The van der Waals surface area contributed by atoms with Gasteiger partial charge in [-0.1, -0.05) is 0 Å². The van der Waals surface area contributed by atoms with Crippen molar-refractivity contribution in [2.24, 2.45) is 0 Å². The van der Waals surface area contributed by atoms with Gasteiger partial charge in [-0.05, 0) is 50.1 Å². The first-order valence-electron chi connectivity index (χ1n) is 5.40. The summed E-state index contributed by atoms with van der Waals surface area (Å²) in [5.74, 6) is 1.82. The standard InChI is InChI=1S/C13H11Br2NO3/c1-18-11-4-10(15)12(5-9(11)14)19-13-6-16-3-2-8(13)7-17/h2-6,17H,7H2,1H3. The van der Waals surface area contributed by atoms with Crippen molar-refractivity contribution in [3.8, 4) is 17.2 Å². The lowest BCUT2D eigenvalue weighted by Crippen LogP contribution is -1.94. The van der Waals surface area contributed by atoms with Gasteiger partial charge in [0.15, 0.2) is 5.75 Å². The Morgan fingerprint density at radius 3 is 2.53 bits per heavy atom. The first-order chi connectivity index (χ1) is 9.15. The highest BCUT2D eigenvalue weighted by Gasteiger charge is 2.11. The Morgan fingerprint density at radius 1 is 1.16 bits per heavy atom. The maximum absolute atomic E-state index is 9.25. The van der Waals surface area contributed by atoms with Gasteiger partial charge in [-0.2, -0.15) is 0 Å². The summed E-state index contributed by atoms with van der Waals surface area (Å²) in [5, 5.41) is 9.25.